The van der Waals surface area contributed by atoms with E-state index in [1.54, 1.807) is 0 Å². The topological polar surface area (TPSA) is 55.1 Å². The molecule has 0 bridgehead atoms. The van der Waals surface area contributed by atoms with Crippen molar-refractivity contribution < 1.29 is 4.79 Å². The number of benzene rings is 1. The molecule has 0 amide bonds. The van der Waals surface area contributed by atoms with E-state index < -0.39 is 0 Å². The number of rotatable bonds is 1. The quantitative estimate of drug-likeness (QED) is 0.624. The summed E-state index contributed by atoms with van der Waals surface area (Å²) in [6.45, 7) is 0.762. The third-order valence-corrected chi connectivity index (χ3v) is 2.35. The monoisotopic (exact) mass is 176 g/mol. The molecule has 1 fully saturated rings. The number of hydrogen-bond donors (Lipinski definition) is 2. The van der Waals surface area contributed by atoms with Crippen molar-refractivity contribution in [2.75, 3.05) is 12.3 Å². The first-order valence-corrected chi connectivity index (χ1v) is 4.39. The molecule has 3 heteroatoms. The van der Waals surface area contributed by atoms with Crippen LogP contribution >= 0.6 is 0 Å². The highest BCUT2D eigenvalue weighted by molar-refractivity contribution is 5.88. The zero-order valence-electron chi connectivity index (χ0n) is 7.29. The molecule has 68 valence electrons. The lowest BCUT2D eigenvalue weighted by atomic mass is 10.0. The number of anilines is 1. The number of Topliss-reactive ketones (excluding diaryl/α,β-unsaturated/α-hetero) is 1. The van der Waals surface area contributed by atoms with Crippen LogP contribution in [-0.2, 0) is 4.79 Å². The number of ketones is 1. The predicted molar refractivity (Wildman–Crippen MR) is 51.2 cm³/mol. The Hall–Kier alpha value is -1.35. The van der Waals surface area contributed by atoms with Crippen molar-refractivity contribution in [3.63, 3.8) is 0 Å². The van der Waals surface area contributed by atoms with Crippen molar-refractivity contribution in [2.24, 2.45) is 0 Å². The Morgan fingerprint density at radius 2 is 2.15 bits per heavy atom. The Morgan fingerprint density at radius 1 is 1.38 bits per heavy atom. The molecule has 1 aliphatic rings. The highest BCUT2D eigenvalue weighted by Crippen LogP contribution is 2.24. The zero-order valence-corrected chi connectivity index (χ0v) is 7.29. The summed E-state index contributed by atoms with van der Waals surface area (Å²) < 4.78 is 0. The maximum absolute atomic E-state index is 11.4. The summed E-state index contributed by atoms with van der Waals surface area (Å²) in [5, 5.41) is 3.13. The summed E-state index contributed by atoms with van der Waals surface area (Å²) in [4.78, 5) is 11.4. The number of hydrogen-bond acceptors (Lipinski definition) is 3. The molecule has 1 aromatic rings. The minimum absolute atomic E-state index is 0.179. The van der Waals surface area contributed by atoms with Gasteiger partial charge in [0.1, 0.15) is 0 Å². The highest BCUT2D eigenvalue weighted by Gasteiger charge is 2.26. The first-order valence-electron chi connectivity index (χ1n) is 4.39. The van der Waals surface area contributed by atoms with Gasteiger partial charge in [-0.2, -0.15) is 0 Å². The van der Waals surface area contributed by atoms with Crippen LogP contribution in [0.15, 0.2) is 24.3 Å². The van der Waals surface area contributed by atoms with Gasteiger partial charge in [-0.1, -0.05) is 18.2 Å². The molecule has 1 heterocycles. The summed E-state index contributed by atoms with van der Waals surface area (Å²) in [5.74, 6) is 0.234. The fourth-order valence-electron chi connectivity index (χ4n) is 1.66. The summed E-state index contributed by atoms with van der Waals surface area (Å²) in [6.07, 6.45) is 0.610. The Kier molecular flexibility index (Phi) is 2.02. The van der Waals surface area contributed by atoms with Crippen LogP contribution in [0, 0.1) is 0 Å². The minimum Gasteiger partial charge on any atom is -0.398 e. The second-order valence-corrected chi connectivity index (χ2v) is 3.23. The molecule has 1 atom stereocenters. The van der Waals surface area contributed by atoms with E-state index in [1.165, 1.54) is 0 Å². The van der Waals surface area contributed by atoms with Gasteiger partial charge in [-0.25, -0.2) is 0 Å². The van der Waals surface area contributed by atoms with Gasteiger partial charge in [-0.05, 0) is 11.6 Å². The van der Waals surface area contributed by atoms with E-state index >= 15 is 0 Å². The van der Waals surface area contributed by atoms with Crippen LogP contribution in [0.25, 0.3) is 0 Å². The smallest absolute Gasteiger partial charge is 0.155 e. The summed E-state index contributed by atoms with van der Waals surface area (Å²) >= 11 is 0. The Bertz CT molecular complexity index is 335. The van der Waals surface area contributed by atoms with Gasteiger partial charge in [-0.3, -0.25) is 4.79 Å². The second kappa shape index (κ2) is 3.18. The summed E-state index contributed by atoms with van der Waals surface area (Å²) in [7, 11) is 0. The molecular weight excluding hydrogens is 164 g/mol. The van der Waals surface area contributed by atoms with E-state index in [0.717, 1.165) is 12.1 Å². The number of nitrogens with one attached hydrogen (secondary N) is 1. The largest absolute Gasteiger partial charge is 0.398 e. The molecule has 3 nitrogen and oxygen atoms in total. The highest BCUT2D eigenvalue weighted by atomic mass is 16.1. The van der Waals surface area contributed by atoms with Crippen molar-refractivity contribution in [1.82, 2.24) is 5.32 Å². The van der Waals surface area contributed by atoms with Crippen LogP contribution in [0.5, 0.6) is 0 Å². The molecule has 13 heavy (non-hydrogen) atoms. The number of nitrogen functional groups attached to an aromatic ring is 1. The SMILES string of the molecule is Nc1ccccc1C1NCCC1=O. The first-order chi connectivity index (χ1) is 6.29. The number of para-hydroxylation sites is 1. The number of carbonyl (C=O) groups is 1. The van der Waals surface area contributed by atoms with Gasteiger partial charge in [-0.15, -0.1) is 0 Å². The van der Waals surface area contributed by atoms with Gasteiger partial charge in [0.25, 0.3) is 0 Å². The fourth-order valence-corrected chi connectivity index (χ4v) is 1.66. The van der Waals surface area contributed by atoms with E-state index in [1.807, 2.05) is 24.3 Å². The normalized spacial score (nSPS) is 22.2. The molecule has 3 N–H and O–H groups in total. The van der Waals surface area contributed by atoms with Crippen molar-refractivity contribution in [2.45, 2.75) is 12.5 Å². The molecule has 1 saturated heterocycles. The van der Waals surface area contributed by atoms with Gasteiger partial charge < -0.3 is 11.1 Å². The van der Waals surface area contributed by atoms with E-state index in [4.69, 9.17) is 5.73 Å². The lowest BCUT2D eigenvalue weighted by molar-refractivity contribution is -0.118. The number of nitrogens with two attached hydrogens (primary N) is 1. The maximum atomic E-state index is 11.4. The Labute approximate surface area is 76.9 Å². The second-order valence-electron chi connectivity index (χ2n) is 3.23. The fraction of sp³-hybridized carbons (Fsp3) is 0.300. The van der Waals surface area contributed by atoms with Crippen LogP contribution in [0.1, 0.15) is 18.0 Å². The molecule has 0 aliphatic carbocycles. The van der Waals surface area contributed by atoms with E-state index in [2.05, 4.69) is 5.32 Å². The molecule has 0 aromatic heterocycles. The average Bonchev–Trinajstić information content (AvgIpc) is 2.52. The molecule has 0 spiro atoms. The molecule has 1 unspecified atom stereocenters. The zero-order chi connectivity index (χ0) is 9.26. The number of carbonyl (C=O) groups excluding carboxylic acids is 1. The standard InChI is InChI=1S/C10H12N2O/c11-8-4-2-1-3-7(8)10-9(13)5-6-12-10/h1-4,10,12H,5-6,11H2. The summed E-state index contributed by atoms with van der Waals surface area (Å²) in [5.41, 5.74) is 7.37. The lowest BCUT2D eigenvalue weighted by Crippen LogP contribution is -2.18. The van der Waals surface area contributed by atoms with Crippen LogP contribution in [0.2, 0.25) is 0 Å². The van der Waals surface area contributed by atoms with Crippen molar-refractivity contribution in [1.29, 1.82) is 0 Å². The maximum Gasteiger partial charge on any atom is 0.155 e. The van der Waals surface area contributed by atoms with Crippen LogP contribution in [0.4, 0.5) is 5.69 Å². The first kappa shape index (κ1) is 8.26. The Morgan fingerprint density at radius 3 is 2.77 bits per heavy atom. The predicted octanol–water partition coefficient (Wildman–Crippen LogP) is 0.872. The van der Waals surface area contributed by atoms with Gasteiger partial charge in [0.15, 0.2) is 5.78 Å². The van der Waals surface area contributed by atoms with Gasteiger partial charge in [0, 0.05) is 18.7 Å². The van der Waals surface area contributed by atoms with E-state index in [0.29, 0.717) is 12.1 Å². The van der Waals surface area contributed by atoms with Crippen molar-refractivity contribution in [3.8, 4) is 0 Å². The Balaban J connectivity index is 2.34. The lowest BCUT2D eigenvalue weighted by Gasteiger charge is -2.11. The van der Waals surface area contributed by atoms with Crippen LogP contribution in [-0.4, -0.2) is 12.3 Å². The van der Waals surface area contributed by atoms with Crippen LogP contribution < -0.4 is 11.1 Å². The van der Waals surface area contributed by atoms with Gasteiger partial charge in [0.05, 0.1) is 6.04 Å². The van der Waals surface area contributed by atoms with Gasteiger partial charge >= 0.3 is 0 Å². The molecular formula is C10H12N2O. The molecule has 2 rings (SSSR count). The third kappa shape index (κ3) is 1.42. The summed E-state index contributed by atoms with van der Waals surface area (Å²) in [6, 6.07) is 7.32. The van der Waals surface area contributed by atoms with Crippen molar-refractivity contribution in [3.05, 3.63) is 29.8 Å². The van der Waals surface area contributed by atoms with Gasteiger partial charge in [0.2, 0.25) is 0 Å². The minimum atomic E-state index is -0.179. The third-order valence-electron chi connectivity index (χ3n) is 2.35. The molecule has 0 radical (unpaired) electrons. The molecule has 0 saturated carbocycles. The average molecular weight is 176 g/mol. The van der Waals surface area contributed by atoms with E-state index in [-0.39, 0.29) is 11.8 Å². The molecule has 1 aromatic carbocycles. The molecule has 1 aliphatic heterocycles. The van der Waals surface area contributed by atoms with Crippen molar-refractivity contribution >= 4 is 11.5 Å². The van der Waals surface area contributed by atoms with E-state index in [9.17, 15) is 4.79 Å². The van der Waals surface area contributed by atoms with Crippen LogP contribution in [0.3, 0.4) is 0 Å².